The van der Waals surface area contributed by atoms with Gasteiger partial charge in [0.15, 0.2) is 0 Å². The third kappa shape index (κ3) is 4.50. The van der Waals surface area contributed by atoms with Crippen molar-refractivity contribution in [3.63, 3.8) is 0 Å². The van der Waals surface area contributed by atoms with Gasteiger partial charge < -0.3 is 20.4 Å². The van der Waals surface area contributed by atoms with Crippen molar-refractivity contribution in [2.75, 3.05) is 13.7 Å². The number of rotatable bonds is 4. The maximum Gasteiger partial charge on any atom is 0.255 e. The first kappa shape index (κ1) is 20.6. The molecule has 0 aliphatic carbocycles. The molecule has 1 aliphatic heterocycles. The van der Waals surface area contributed by atoms with E-state index in [2.05, 4.69) is 15.6 Å². The number of amides is 2. The molecule has 7 nitrogen and oxygen atoms in total. The second-order valence-corrected chi connectivity index (χ2v) is 8.28. The molecule has 0 bridgehead atoms. The van der Waals surface area contributed by atoms with Gasteiger partial charge in [-0.25, -0.2) is 0 Å². The first-order valence-electron chi connectivity index (χ1n) is 9.69. The Morgan fingerprint density at radius 3 is 2.59 bits per heavy atom. The number of piperidine rings is 1. The SMILES string of the molecule is COc1c(C(=O)NC2CCC(=O)NC2)cc(-c2ccc[nH]c2=O)cc1C(C)(C)C. The van der Waals surface area contributed by atoms with Crippen LogP contribution < -0.4 is 20.9 Å². The van der Waals surface area contributed by atoms with E-state index >= 15 is 0 Å². The van der Waals surface area contributed by atoms with Crippen LogP contribution in [0.4, 0.5) is 0 Å². The Morgan fingerprint density at radius 2 is 2.00 bits per heavy atom. The van der Waals surface area contributed by atoms with Gasteiger partial charge in [0.05, 0.1) is 12.7 Å². The number of carbonyl (C=O) groups excluding carboxylic acids is 2. The minimum atomic E-state index is -0.309. The summed E-state index contributed by atoms with van der Waals surface area (Å²) in [5, 5.41) is 5.75. The van der Waals surface area contributed by atoms with Gasteiger partial charge in [-0.05, 0) is 41.7 Å². The summed E-state index contributed by atoms with van der Waals surface area (Å²) in [5.74, 6) is 0.196. The molecule has 1 fully saturated rings. The van der Waals surface area contributed by atoms with Gasteiger partial charge in [-0.15, -0.1) is 0 Å². The van der Waals surface area contributed by atoms with Crippen molar-refractivity contribution in [2.24, 2.45) is 0 Å². The van der Waals surface area contributed by atoms with Crippen LogP contribution in [-0.4, -0.2) is 36.5 Å². The molecule has 2 aromatic rings. The molecular weight excluding hydrogens is 370 g/mol. The molecule has 0 saturated carbocycles. The van der Waals surface area contributed by atoms with Gasteiger partial charge in [0, 0.05) is 36.3 Å². The Hall–Kier alpha value is -3.09. The van der Waals surface area contributed by atoms with Gasteiger partial charge in [0.1, 0.15) is 5.75 Å². The van der Waals surface area contributed by atoms with E-state index in [1.807, 2.05) is 26.8 Å². The zero-order chi connectivity index (χ0) is 21.2. The molecule has 1 aromatic heterocycles. The molecule has 1 unspecified atom stereocenters. The third-order valence-electron chi connectivity index (χ3n) is 5.08. The van der Waals surface area contributed by atoms with E-state index < -0.39 is 0 Å². The van der Waals surface area contributed by atoms with Crippen molar-refractivity contribution in [1.29, 1.82) is 0 Å². The van der Waals surface area contributed by atoms with Crippen LogP contribution in [0.5, 0.6) is 5.75 Å². The molecule has 2 heterocycles. The average molecular weight is 397 g/mol. The van der Waals surface area contributed by atoms with Crippen LogP contribution >= 0.6 is 0 Å². The summed E-state index contributed by atoms with van der Waals surface area (Å²) in [7, 11) is 1.54. The van der Waals surface area contributed by atoms with E-state index in [1.54, 1.807) is 24.4 Å². The quantitative estimate of drug-likeness (QED) is 0.737. The number of H-pyrrole nitrogens is 1. The van der Waals surface area contributed by atoms with Gasteiger partial charge in [0.2, 0.25) is 5.91 Å². The molecule has 1 aromatic carbocycles. The molecule has 1 saturated heterocycles. The summed E-state index contributed by atoms with van der Waals surface area (Å²) in [6, 6.07) is 6.93. The Morgan fingerprint density at radius 1 is 1.24 bits per heavy atom. The summed E-state index contributed by atoms with van der Waals surface area (Å²) < 4.78 is 5.63. The topological polar surface area (TPSA) is 100 Å². The van der Waals surface area contributed by atoms with Crippen molar-refractivity contribution in [1.82, 2.24) is 15.6 Å². The largest absolute Gasteiger partial charge is 0.496 e. The Bertz CT molecular complexity index is 978. The number of carbonyl (C=O) groups is 2. The lowest BCUT2D eigenvalue weighted by atomic mass is 9.83. The lowest BCUT2D eigenvalue weighted by Crippen LogP contribution is -2.47. The molecule has 3 N–H and O–H groups in total. The lowest BCUT2D eigenvalue weighted by molar-refractivity contribution is -0.122. The summed E-state index contributed by atoms with van der Waals surface area (Å²) in [5.41, 5.74) is 1.81. The van der Waals surface area contributed by atoms with Crippen molar-refractivity contribution in [2.45, 2.75) is 45.1 Å². The summed E-state index contributed by atoms with van der Waals surface area (Å²) in [6.07, 6.45) is 2.55. The van der Waals surface area contributed by atoms with Crippen LogP contribution in [0.25, 0.3) is 11.1 Å². The molecule has 0 spiro atoms. The number of hydrogen-bond donors (Lipinski definition) is 3. The Labute approximate surface area is 169 Å². The number of benzene rings is 1. The first-order chi connectivity index (χ1) is 13.7. The monoisotopic (exact) mass is 397 g/mol. The summed E-state index contributed by atoms with van der Waals surface area (Å²) >= 11 is 0. The molecule has 1 aliphatic rings. The van der Waals surface area contributed by atoms with Gasteiger partial charge >= 0.3 is 0 Å². The normalized spacial score (nSPS) is 16.8. The van der Waals surface area contributed by atoms with E-state index in [-0.39, 0.29) is 28.8 Å². The highest BCUT2D eigenvalue weighted by molar-refractivity contribution is 5.99. The van der Waals surface area contributed by atoms with Gasteiger partial charge in [0.25, 0.3) is 11.5 Å². The van der Waals surface area contributed by atoms with Crippen LogP contribution in [0.15, 0.2) is 35.3 Å². The van der Waals surface area contributed by atoms with Crippen molar-refractivity contribution >= 4 is 11.8 Å². The maximum atomic E-state index is 13.1. The summed E-state index contributed by atoms with van der Waals surface area (Å²) in [6.45, 7) is 6.49. The predicted octanol–water partition coefficient (Wildman–Crippen LogP) is 2.36. The van der Waals surface area contributed by atoms with Crippen molar-refractivity contribution in [3.8, 4) is 16.9 Å². The Balaban J connectivity index is 2.07. The van der Waals surface area contributed by atoms with Crippen LogP contribution in [-0.2, 0) is 10.2 Å². The molecule has 7 heteroatoms. The smallest absolute Gasteiger partial charge is 0.255 e. The standard InChI is InChI=1S/C22H27N3O4/c1-22(2,3)17-11-13(15-6-5-9-23-20(15)27)10-16(19(17)29-4)21(28)25-14-7-8-18(26)24-12-14/h5-6,9-11,14H,7-8,12H2,1-4H3,(H,23,27)(H,24,26)(H,25,28). The number of methoxy groups -OCH3 is 1. The lowest BCUT2D eigenvalue weighted by Gasteiger charge is -2.27. The summed E-state index contributed by atoms with van der Waals surface area (Å²) in [4.78, 5) is 39.5. The van der Waals surface area contributed by atoms with E-state index in [0.717, 1.165) is 5.56 Å². The van der Waals surface area contributed by atoms with E-state index in [4.69, 9.17) is 4.74 Å². The van der Waals surface area contributed by atoms with Crippen LogP contribution in [0.3, 0.4) is 0 Å². The highest BCUT2D eigenvalue weighted by atomic mass is 16.5. The Kier molecular flexibility index (Phi) is 5.77. The maximum absolute atomic E-state index is 13.1. The molecular formula is C22H27N3O4. The van der Waals surface area contributed by atoms with E-state index in [0.29, 0.717) is 41.8 Å². The highest BCUT2D eigenvalue weighted by Gasteiger charge is 2.28. The first-order valence-corrected chi connectivity index (χ1v) is 9.69. The van der Waals surface area contributed by atoms with Crippen LogP contribution in [0.2, 0.25) is 0 Å². The third-order valence-corrected chi connectivity index (χ3v) is 5.08. The molecule has 154 valence electrons. The van der Waals surface area contributed by atoms with Crippen LogP contribution in [0, 0.1) is 0 Å². The van der Waals surface area contributed by atoms with Gasteiger partial charge in [-0.2, -0.15) is 0 Å². The van der Waals surface area contributed by atoms with Crippen LogP contribution in [0.1, 0.15) is 49.5 Å². The van der Waals surface area contributed by atoms with Gasteiger partial charge in [-0.3, -0.25) is 14.4 Å². The number of nitrogens with one attached hydrogen (secondary N) is 3. The van der Waals surface area contributed by atoms with E-state index in [9.17, 15) is 14.4 Å². The second kappa shape index (κ2) is 8.11. The number of aromatic amines is 1. The molecule has 1 atom stereocenters. The number of aromatic nitrogens is 1. The predicted molar refractivity (Wildman–Crippen MR) is 111 cm³/mol. The fourth-order valence-corrected chi connectivity index (χ4v) is 3.50. The fraction of sp³-hybridized carbons (Fsp3) is 0.409. The molecule has 3 rings (SSSR count). The number of pyridine rings is 1. The average Bonchev–Trinajstić information content (AvgIpc) is 2.68. The van der Waals surface area contributed by atoms with Crippen molar-refractivity contribution in [3.05, 3.63) is 51.9 Å². The fourth-order valence-electron chi connectivity index (χ4n) is 3.50. The number of hydrogen-bond acceptors (Lipinski definition) is 4. The van der Waals surface area contributed by atoms with E-state index in [1.165, 1.54) is 7.11 Å². The number of ether oxygens (including phenoxy) is 1. The van der Waals surface area contributed by atoms with Crippen molar-refractivity contribution < 1.29 is 14.3 Å². The second-order valence-electron chi connectivity index (χ2n) is 8.28. The minimum Gasteiger partial charge on any atom is -0.496 e. The molecule has 0 radical (unpaired) electrons. The molecule has 29 heavy (non-hydrogen) atoms. The zero-order valence-corrected chi connectivity index (χ0v) is 17.2. The minimum absolute atomic E-state index is 0.00611. The molecule has 2 amide bonds. The zero-order valence-electron chi connectivity index (χ0n) is 17.2. The highest BCUT2D eigenvalue weighted by Crippen LogP contribution is 2.37. The van der Waals surface area contributed by atoms with Gasteiger partial charge in [-0.1, -0.05) is 20.8 Å².